The zero-order chi connectivity index (χ0) is 11.7. The van der Waals surface area contributed by atoms with Crippen LogP contribution in [-0.4, -0.2) is 4.92 Å². The number of hydrogen-bond acceptors (Lipinski definition) is 2. The predicted molar refractivity (Wildman–Crippen MR) is 63.3 cm³/mol. The Kier molecular flexibility index (Phi) is 2.77. The van der Waals surface area contributed by atoms with Gasteiger partial charge >= 0.3 is 0 Å². The summed E-state index contributed by atoms with van der Waals surface area (Å²) in [6.45, 7) is 5.52. The van der Waals surface area contributed by atoms with Crippen molar-refractivity contribution in [2.45, 2.75) is 25.7 Å². The van der Waals surface area contributed by atoms with Crippen LogP contribution in [-0.2, 0) is 0 Å². The first-order valence-electron chi connectivity index (χ1n) is 5.38. The summed E-state index contributed by atoms with van der Waals surface area (Å²) in [5.41, 5.74) is 2.08. The smallest absolute Gasteiger partial charge is 0.258 e. The zero-order valence-corrected chi connectivity index (χ0v) is 9.27. The predicted octanol–water partition coefficient (Wildman–Crippen LogP) is 3.60. The van der Waals surface area contributed by atoms with Crippen molar-refractivity contribution < 1.29 is 4.92 Å². The molecule has 0 amide bonds. The second-order valence-corrected chi connectivity index (χ2v) is 4.20. The monoisotopic (exact) mass is 216 g/mol. The van der Waals surface area contributed by atoms with E-state index in [1.54, 1.807) is 12.1 Å². The molecule has 1 saturated carbocycles. The lowest BCUT2D eigenvalue weighted by molar-refractivity contribution is -0.385. The van der Waals surface area contributed by atoms with Crippen LogP contribution < -0.4 is 0 Å². The summed E-state index contributed by atoms with van der Waals surface area (Å²) in [5, 5.41) is 10.9. The fraction of sp³-hybridized carbons (Fsp3) is 0.308. The fourth-order valence-corrected chi connectivity index (χ4v) is 1.81. The standard InChI is InChI=1S/C13H14NO2/c1-3-9(2)12-8-11(10-4-5-10)6-7-13(12)14(15)16/h3,6-8,10H,1,4-5H2,2H3. The van der Waals surface area contributed by atoms with E-state index < -0.39 is 0 Å². The molecule has 2 rings (SSSR count). The minimum absolute atomic E-state index is 0.168. The summed E-state index contributed by atoms with van der Waals surface area (Å²) in [6, 6.07) is 5.42. The van der Waals surface area contributed by atoms with Gasteiger partial charge in [0.25, 0.3) is 5.69 Å². The Bertz CT molecular complexity index is 436. The minimum Gasteiger partial charge on any atom is -0.258 e. The van der Waals surface area contributed by atoms with Gasteiger partial charge in [-0.15, -0.1) is 6.58 Å². The fourth-order valence-electron chi connectivity index (χ4n) is 1.81. The highest BCUT2D eigenvalue weighted by Gasteiger charge is 2.26. The van der Waals surface area contributed by atoms with Crippen molar-refractivity contribution >= 4 is 5.69 Å². The molecule has 0 unspecified atom stereocenters. The molecule has 1 fully saturated rings. The normalized spacial score (nSPS) is 15.1. The molecule has 0 aliphatic heterocycles. The van der Waals surface area contributed by atoms with E-state index >= 15 is 0 Å². The number of benzene rings is 1. The molecular formula is C13H14NO2. The molecule has 0 saturated heterocycles. The van der Waals surface area contributed by atoms with Crippen molar-refractivity contribution in [1.82, 2.24) is 0 Å². The lowest BCUT2D eigenvalue weighted by Gasteiger charge is -2.08. The van der Waals surface area contributed by atoms with Crippen molar-refractivity contribution in [3.05, 3.63) is 58.0 Å². The molecule has 0 N–H and O–H groups in total. The van der Waals surface area contributed by atoms with Crippen LogP contribution in [0.15, 0.2) is 30.9 Å². The van der Waals surface area contributed by atoms with Crippen LogP contribution in [0, 0.1) is 16.0 Å². The van der Waals surface area contributed by atoms with Gasteiger partial charge in [0.15, 0.2) is 0 Å². The van der Waals surface area contributed by atoms with Crippen molar-refractivity contribution in [2.24, 2.45) is 0 Å². The summed E-state index contributed by atoms with van der Waals surface area (Å²) < 4.78 is 0. The molecule has 1 aliphatic carbocycles. The Morgan fingerprint density at radius 2 is 2.25 bits per heavy atom. The molecule has 3 heteroatoms. The number of nitro groups is 1. The van der Waals surface area contributed by atoms with Gasteiger partial charge in [-0.25, -0.2) is 0 Å². The lowest BCUT2D eigenvalue weighted by Crippen LogP contribution is -1.99. The first-order chi connectivity index (χ1) is 7.63. The number of rotatable bonds is 4. The quantitative estimate of drug-likeness (QED) is 0.570. The lowest BCUT2D eigenvalue weighted by atomic mass is 9.96. The van der Waals surface area contributed by atoms with Crippen molar-refractivity contribution in [1.29, 1.82) is 0 Å². The van der Waals surface area contributed by atoms with E-state index in [4.69, 9.17) is 0 Å². The second kappa shape index (κ2) is 4.08. The van der Waals surface area contributed by atoms with Crippen LogP contribution in [0.1, 0.15) is 36.8 Å². The van der Waals surface area contributed by atoms with E-state index in [-0.39, 0.29) is 10.6 Å². The third-order valence-corrected chi connectivity index (χ3v) is 3.00. The maximum absolute atomic E-state index is 10.9. The van der Waals surface area contributed by atoms with Gasteiger partial charge in [0.05, 0.1) is 4.92 Å². The molecule has 3 nitrogen and oxygen atoms in total. The summed E-state index contributed by atoms with van der Waals surface area (Å²) >= 11 is 0. The average Bonchev–Trinajstić information content (AvgIpc) is 3.11. The van der Waals surface area contributed by atoms with Crippen LogP contribution in [0.3, 0.4) is 0 Å². The van der Waals surface area contributed by atoms with Crippen LogP contribution in [0.4, 0.5) is 5.69 Å². The average molecular weight is 216 g/mol. The molecule has 0 heterocycles. The van der Waals surface area contributed by atoms with Gasteiger partial charge in [-0.2, -0.15) is 0 Å². The van der Waals surface area contributed by atoms with Gasteiger partial charge in [0, 0.05) is 17.5 Å². The SMILES string of the molecule is C=C[C](C)c1cc(C2CC2)ccc1[N+](=O)[O-]. The first kappa shape index (κ1) is 10.9. The molecule has 0 atom stereocenters. The molecule has 0 bridgehead atoms. The van der Waals surface area contributed by atoms with Crippen LogP contribution in [0.25, 0.3) is 0 Å². The molecule has 0 spiro atoms. The van der Waals surface area contributed by atoms with Crippen molar-refractivity contribution in [3.8, 4) is 0 Å². The van der Waals surface area contributed by atoms with E-state index in [1.807, 2.05) is 19.1 Å². The van der Waals surface area contributed by atoms with Gasteiger partial charge in [-0.05, 0) is 30.4 Å². The number of nitrogens with zero attached hydrogens (tertiary/aromatic N) is 1. The topological polar surface area (TPSA) is 43.1 Å². The molecular weight excluding hydrogens is 202 g/mol. The van der Waals surface area contributed by atoms with Gasteiger partial charge in [0.1, 0.15) is 0 Å². The molecule has 1 aromatic carbocycles. The van der Waals surface area contributed by atoms with Gasteiger partial charge in [-0.3, -0.25) is 10.1 Å². The van der Waals surface area contributed by atoms with E-state index in [9.17, 15) is 10.1 Å². The summed E-state index contributed by atoms with van der Waals surface area (Å²) in [4.78, 5) is 10.6. The maximum Gasteiger partial charge on any atom is 0.273 e. The summed E-state index contributed by atoms with van der Waals surface area (Å²) in [5.74, 6) is 1.46. The summed E-state index contributed by atoms with van der Waals surface area (Å²) in [7, 11) is 0. The Labute approximate surface area is 94.9 Å². The largest absolute Gasteiger partial charge is 0.273 e. The van der Waals surface area contributed by atoms with Crippen LogP contribution in [0.5, 0.6) is 0 Å². The van der Waals surface area contributed by atoms with E-state index in [2.05, 4.69) is 6.58 Å². The molecule has 16 heavy (non-hydrogen) atoms. The van der Waals surface area contributed by atoms with E-state index in [0.29, 0.717) is 11.5 Å². The zero-order valence-electron chi connectivity index (χ0n) is 9.27. The third-order valence-electron chi connectivity index (χ3n) is 3.00. The highest BCUT2D eigenvalue weighted by atomic mass is 16.6. The number of hydrogen-bond donors (Lipinski definition) is 0. The summed E-state index contributed by atoms with van der Waals surface area (Å²) in [6.07, 6.45) is 4.06. The highest BCUT2D eigenvalue weighted by molar-refractivity contribution is 5.53. The third kappa shape index (κ3) is 1.98. The van der Waals surface area contributed by atoms with E-state index in [1.165, 1.54) is 18.4 Å². The van der Waals surface area contributed by atoms with Crippen molar-refractivity contribution in [2.75, 3.05) is 0 Å². The Morgan fingerprint density at radius 3 is 2.75 bits per heavy atom. The Morgan fingerprint density at radius 1 is 1.56 bits per heavy atom. The van der Waals surface area contributed by atoms with Crippen molar-refractivity contribution in [3.63, 3.8) is 0 Å². The number of nitro benzene ring substituents is 1. The van der Waals surface area contributed by atoms with Crippen LogP contribution in [0.2, 0.25) is 0 Å². The molecule has 0 aromatic heterocycles. The molecule has 83 valence electrons. The minimum atomic E-state index is -0.334. The van der Waals surface area contributed by atoms with Gasteiger partial charge in [-0.1, -0.05) is 19.1 Å². The Balaban J connectivity index is 2.45. The van der Waals surface area contributed by atoms with Crippen LogP contribution >= 0.6 is 0 Å². The van der Waals surface area contributed by atoms with Gasteiger partial charge in [0.2, 0.25) is 0 Å². The first-order valence-corrected chi connectivity index (χ1v) is 5.38. The molecule has 1 radical (unpaired) electrons. The molecule has 1 aromatic rings. The second-order valence-electron chi connectivity index (χ2n) is 4.20. The number of allylic oxidation sites excluding steroid dienone is 1. The van der Waals surface area contributed by atoms with Gasteiger partial charge < -0.3 is 0 Å². The molecule has 1 aliphatic rings. The Hall–Kier alpha value is -1.64. The highest BCUT2D eigenvalue weighted by Crippen LogP contribution is 2.42. The maximum atomic E-state index is 10.9. The van der Waals surface area contributed by atoms with E-state index in [0.717, 1.165) is 5.92 Å².